The van der Waals surface area contributed by atoms with Crippen molar-refractivity contribution in [3.63, 3.8) is 0 Å². The van der Waals surface area contributed by atoms with E-state index in [-0.39, 0.29) is 11.9 Å². The Bertz CT molecular complexity index is 537. The van der Waals surface area contributed by atoms with E-state index in [0.717, 1.165) is 16.7 Å². The van der Waals surface area contributed by atoms with E-state index in [2.05, 4.69) is 21.4 Å². The predicted molar refractivity (Wildman–Crippen MR) is 74.4 cm³/mol. The smallest absolute Gasteiger partial charge is 0.124 e. The van der Waals surface area contributed by atoms with Crippen LogP contribution in [0.15, 0.2) is 46.9 Å². The third-order valence-corrected chi connectivity index (χ3v) is 3.34. The summed E-state index contributed by atoms with van der Waals surface area (Å²) >= 11 is 3.29. The Balaban J connectivity index is 2.48. The summed E-state index contributed by atoms with van der Waals surface area (Å²) < 4.78 is 14.1. The molecule has 0 aliphatic carbocycles. The van der Waals surface area contributed by atoms with E-state index in [1.165, 1.54) is 12.1 Å². The highest BCUT2D eigenvalue weighted by atomic mass is 79.9. The van der Waals surface area contributed by atoms with Gasteiger partial charge in [0.15, 0.2) is 0 Å². The predicted octanol–water partition coefficient (Wildman–Crippen LogP) is 3.45. The molecule has 0 amide bonds. The topological polar surface area (TPSA) is 38.0 Å². The fourth-order valence-electron chi connectivity index (χ4n) is 2.02. The Morgan fingerprint density at radius 3 is 2.56 bits per heavy atom. The van der Waals surface area contributed by atoms with Crippen molar-refractivity contribution in [3.8, 4) is 0 Å². The fraction of sp³-hybridized carbons (Fsp3) is 0.143. The Morgan fingerprint density at radius 1 is 1.22 bits per heavy atom. The zero-order valence-corrected chi connectivity index (χ0v) is 11.5. The average molecular weight is 309 g/mol. The normalized spacial score (nSPS) is 12.4. The second-order valence-corrected chi connectivity index (χ2v) is 5.07. The first-order valence-corrected chi connectivity index (χ1v) is 6.39. The van der Waals surface area contributed by atoms with Crippen LogP contribution >= 0.6 is 15.9 Å². The lowest BCUT2D eigenvalue weighted by Gasteiger charge is -2.19. The SMILES string of the molecule is Cc1ccccc1C(NN)c1cc(F)cc(Br)c1. The number of hydrogen-bond acceptors (Lipinski definition) is 2. The van der Waals surface area contributed by atoms with Gasteiger partial charge in [-0.15, -0.1) is 0 Å². The van der Waals surface area contributed by atoms with Crippen molar-refractivity contribution in [1.29, 1.82) is 0 Å². The lowest BCUT2D eigenvalue weighted by Crippen LogP contribution is -2.29. The van der Waals surface area contributed by atoms with E-state index < -0.39 is 0 Å². The minimum absolute atomic E-state index is 0.224. The molecular formula is C14H14BrFN2. The maximum Gasteiger partial charge on any atom is 0.124 e. The molecule has 0 fully saturated rings. The number of hydrogen-bond donors (Lipinski definition) is 2. The van der Waals surface area contributed by atoms with Crippen LogP contribution in [0.1, 0.15) is 22.7 Å². The molecule has 2 aromatic carbocycles. The van der Waals surface area contributed by atoms with Crippen molar-refractivity contribution in [2.24, 2.45) is 5.84 Å². The van der Waals surface area contributed by atoms with Crippen molar-refractivity contribution >= 4 is 15.9 Å². The van der Waals surface area contributed by atoms with Crippen LogP contribution in [0.3, 0.4) is 0 Å². The van der Waals surface area contributed by atoms with Gasteiger partial charge in [0.1, 0.15) is 5.82 Å². The highest BCUT2D eigenvalue weighted by molar-refractivity contribution is 9.10. The molecule has 94 valence electrons. The average Bonchev–Trinajstić information content (AvgIpc) is 2.31. The molecule has 1 atom stereocenters. The standard InChI is InChI=1S/C14H14BrFN2/c1-9-4-2-3-5-13(9)14(18-17)10-6-11(15)8-12(16)7-10/h2-8,14,18H,17H2,1H3. The van der Waals surface area contributed by atoms with Crippen LogP contribution in [0.5, 0.6) is 0 Å². The summed E-state index contributed by atoms with van der Waals surface area (Å²) in [4.78, 5) is 0. The van der Waals surface area contributed by atoms with E-state index in [0.29, 0.717) is 4.47 Å². The number of hydrazine groups is 1. The van der Waals surface area contributed by atoms with Gasteiger partial charge in [0.05, 0.1) is 6.04 Å². The third-order valence-electron chi connectivity index (χ3n) is 2.88. The molecule has 3 N–H and O–H groups in total. The lowest BCUT2D eigenvalue weighted by molar-refractivity contribution is 0.603. The lowest BCUT2D eigenvalue weighted by atomic mass is 9.95. The maximum atomic E-state index is 13.4. The molecule has 0 saturated heterocycles. The summed E-state index contributed by atoms with van der Waals surface area (Å²) in [7, 11) is 0. The van der Waals surface area contributed by atoms with Crippen LogP contribution < -0.4 is 11.3 Å². The van der Waals surface area contributed by atoms with Crippen LogP contribution in [0.2, 0.25) is 0 Å². The zero-order valence-electron chi connectivity index (χ0n) is 9.95. The van der Waals surface area contributed by atoms with E-state index in [4.69, 9.17) is 5.84 Å². The Hall–Kier alpha value is -1.23. The molecule has 2 nitrogen and oxygen atoms in total. The van der Waals surface area contributed by atoms with Crippen LogP contribution in [-0.2, 0) is 0 Å². The van der Waals surface area contributed by atoms with E-state index >= 15 is 0 Å². The fourth-order valence-corrected chi connectivity index (χ4v) is 2.50. The number of benzene rings is 2. The first-order chi connectivity index (χ1) is 8.61. The molecule has 0 bridgehead atoms. The van der Waals surface area contributed by atoms with Crippen molar-refractivity contribution in [2.45, 2.75) is 13.0 Å². The molecule has 2 rings (SSSR count). The Labute approximate surface area is 114 Å². The number of rotatable bonds is 3. The van der Waals surface area contributed by atoms with Crippen molar-refractivity contribution in [3.05, 3.63) is 69.4 Å². The van der Waals surface area contributed by atoms with Gasteiger partial charge in [-0.2, -0.15) is 0 Å². The highest BCUT2D eigenvalue weighted by Crippen LogP contribution is 2.27. The van der Waals surface area contributed by atoms with Gasteiger partial charge in [0, 0.05) is 4.47 Å². The zero-order chi connectivity index (χ0) is 13.1. The summed E-state index contributed by atoms with van der Waals surface area (Å²) in [6, 6.07) is 12.5. The van der Waals surface area contributed by atoms with Crippen molar-refractivity contribution in [2.75, 3.05) is 0 Å². The van der Waals surface area contributed by atoms with Gasteiger partial charge in [0.25, 0.3) is 0 Å². The third kappa shape index (κ3) is 2.77. The molecule has 2 aromatic rings. The molecule has 0 saturated carbocycles. The summed E-state index contributed by atoms with van der Waals surface area (Å²) in [6.45, 7) is 2.01. The van der Waals surface area contributed by atoms with Gasteiger partial charge < -0.3 is 0 Å². The van der Waals surface area contributed by atoms with Gasteiger partial charge in [0.2, 0.25) is 0 Å². The Kier molecular flexibility index (Phi) is 4.11. The molecule has 0 aromatic heterocycles. The molecule has 0 aliphatic rings. The van der Waals surface area contributed by atoms with Crippen LogP contribution in [-0.4, -0.2) is 0 Å². The Morgan fingerprint density at radius 2 is 1.94 bits per heavy atom. The molecular weight excluding hydrogens is 295 g/mol. The molecule has 0 spiro atoms. The molecule has 1 unspecified atom stereocenters. The number of aryl methyl sites for hydroxylation is 1. The molecule has 0 heterocycles. The first kappa shape index (κ1) is 13.2. The minimum atomic E-state index is -0.284. The summed E-state index contributed by atoms with van der Waals surface area (Å²) in [5.74, 6) is 5.33. The van der Waals surface area contributed by atoms with E-state index in [1.807, 2.05) is 37.3 Å². The molecule has 18 heavy (non-hydrogen) atoms. The summed E-state index contributed by atoms with van der Waals surface area (Å²) in [5.41, 5.74) is 5.68. The highest BCUT2D eigenvalue weighted by Gasteiger charge is 2.15. The first-order valence-electron chi connectivity index (χ1n) is 5.59. The minimum Gasteiger partial charge on any atom is -0.271 e. The number of nitrogens with two attached hydrogens (primary N) is 1. The molecule has 0 radical (unpaired) electrons. The van der Waals surface area contributed by atoms with Crippen LogP contribution in [0.25, 0.3) is 0 Å². The second kappa shape index (κ2) is 5.61. The molecule has 4 heteroatoms. The number of halogens is 2. The van der Waals surface area contributed by atoms with Crippen LogP contribution in [0, 0.1) is 12.7 Å². The second-order valence-electron chi connectivity index (χ2n) is 4.16. The molecule has 0 aliphatic heterocycles. The van der Waals surface area contributed by atoms with Gasteiger partial charge in [-0.1, -0.05) is 40.2 Å². The van der Waals surface area contributed by atoms with Gasteiger partial charge in [-0.05, 0) is 41.8 Å². The monoisotopic (exact) mass is 308 g/mol. The van der Waals surface area contributed by atoms with Crippen molar-refractivity contribution in [1.82, 2.24) is 5.43 Å². The van der Waals surface area contributed by atoms with Gasteiger partial charge in [-0.3, -0.25) is 5.84 Å². The largest absolute Gasteiger partial charge is 0.271 e. The summed E-state index contributed by atoms with van der Waals surface area (Å²) in [6.07, 6.45) is 0. The summed E-state index contributed by atoms with van der Waals surface area (Å²) in [5, 5.41) is 0. The van der Waals surface area contributed by atoms with Gasteiger partial charge in [-0.25, -0.2) is 9.82 Å². The van der Waals surface area contributed by atoms with Crippen molar-refractivity contribution < 1.29 is 4.39 Å². The van der Waals surface area contributed by atoms with Crippen LogP contribution in [0.4, 0.5) is 4.39 Å². The van der Waals surface area contributed by atoms with Gasteiger partial charge >= 0.3 is 0 Å². The quantitative estimate of drug-likeness (QED) is 0.673. The van der Waals surface area contributed by atoms with E-state index in [9.17, 15) is 4.39 Å². The number of nitrogens with one attached hydrogen (secondary N) is 1. The van der Waals surface area contributed by atoms with E-state index in [1.54, 1.807) is 0 Å². The maximum absolute atomic E-state index is 13.4.